The Hall–Kier alpha value is -2.10. The van der Waals surface area contributed by atoms with Crippen molar-refractivity contribution in [1.29, 1.82) is 0 Å². The van der Waals surface area contributed by atoms with Crippen molar-refractivity contribution in [1.82, 2.24) is 4.98 Å². The molecule has 4 heteroatoms. The van der Waals surface area contributed by atoms with Gasteiger partial charge in [-0.15, -0.1) is 0 Å². The summed E-state index contributed by atoms with van der Waals surface area (Å²) in [5.41, 5.74) is 4.01. The van der Waals surface area contributed by atoms with Crippen LogP contribution in [0.3, 0.4) is 0 Å². The quantitative estimate of drug-likeness (QED) is 0.530. The molecular weight excluding hydrogens is 254 g/mol. The molecule has 0 spiro atoms. The molecule has 1 aliphatic carbocycles. The highest BCUT2D eigenvalue weighted by Crippen LogP contribution is 2.29. The molecule has 1 N–H and O–H groups in total. The summed E-state index contributed by atoms with van der Waals surface area (Å²) in [6.07, 6.45) is 4.47. The van der Waals surface area contributed by atoms with Crippen LogP contribution in [0.25, 0.3) is 10.9 Å². The smallest absolute Gasteiger partial charge is 0.379 e. The first kappa shape index (κ1) is 12.9. The van der Waals surface area contributed by atoms with Crippen molar-refractivity contribution in [3.63, 3.8) is 0 Å². The van der Waals surface area contributed by atoms with Crippen LogP contribution in [0.15, 0.2) is 18.2 Å². The molecule has 3 rings (SSSR count). The minimum atomic E-state index is -0.781. The number of esters is 1. The van der Waals surface area contributed by atoms with E-state index in [0.717, 1.165) is 23.7 Å². The number of fused-ring (bicyclic) bond motifs is 3. The van der Waals surface area contributed by atoms with Crippen LogP contribution in [-0.4, -0.2) is 23.3 Å². The highest BCUT2D eigenvalue weighted by atomic mass is 16.5. The predicted octanol–water partition coefficient (Wildman–Crippen LogP) is 2.79. The number of H-pyrrole nitrogens is 1. The van der Waals surface area contributed by atoms with Crippen LogP contribution >= 0.6 is 0 Å². The number of Topliss-reactive ketones (excluding diaryl/α,β-unsaturated/α-hetero) is 1. The van der Waals surface area contributed by atoms with Gasteiger partial charge in [-0.3, -0.25) is 4.79 Å². The normalized spacial score (nSPS) is 14.1. The molecule has 2 aromatic rings. The van der Waals surface area contributed by atoms with Crippen LogP contribution < -0.4 is 0 Å². The maximum Gasteiger partial charge on any atom is 0.379 e. The van der Waals surface area contributed by atoms with Crippen LogP contribution in [0.1, 0.15) is 41.4 Å². The highest BCUT2D eigenvalue weighted by molar-refractivity contribution is 6.40. The van der Waals surface area contributed by atoms with Gasteiger partial charge in [-0.1, -0.05) is 0 Å². The van der Waals surface area contributed by atoms with Crippen molar-refractivity contribution < 1.29 is 14.3 Å². The molecule has 1 aromatic carbocycles. The van der Waals surface area contributed by atoms with E-state index >= 15 is 0 Å². The molecule has 0 fully saturated rings. The third-order valence-electron chi connectivity index (χ3n) is 3.82. The summed E-state index contributed by atoms with van der Waals surface area (Å²) in [6.45, 7) is 1.91. The average molecular weight is 271 g/mol. The SMILES string of the molecule is CCOC(=O)C(=O)c1ccc2[nH]c3c(c2c1)CCCC3. The number of carbonyl (C=O) groups is 2. The average Bonchev–Trinajstić information content (AvgIpc) is 2.84. The van der Waals surface area contributed by atoms with Crippen molar-refractivity contribution in [3.8, 4) is 0 Å². The minimum Gasteiger partial charge on any atom is -0.460 e. The summed E-state index contributed by atoms with van der Waals surface area (Å²) in [7, 11) is 0. The van der Waals surface area contributed by atoms with Gasteiger partial charge >= 0.3 is 5.97 Å². The van der Waals surface area contributed by atoms with E-state index in [1.807, 2.05) is 12.1 Å². The number of ketones is 1. The van der Waals surface area contributed by atoms with Crippen molar-refractivity contribution in [2.24, 2.45) is 0 Å². The Morgan fingerprint density at radius 1 is 1.25 bits per heavy atom. The van der Waals surface area contributed by atoms with Gasteiger partial charge in [-0.05, 0) is 56.4 Å². The molecule has 0 amide bonds. The number of rotatable bonds is 3. The number of aromatic nitrogens is 1. The molecule has 0 atom stereocenters. The molecule has 104 valence electrons. The zero-order valence-electron chi connectivity index (χ0n) is 11.5. The van der Waals surface area contributed by atoms with Gasteiger partial charge in [0.15, 0.2) is 0 Å². The third-order valence-corrected chi connectivity index (χ3v) is 3.82. The second kappa shape index (κ2) is 5.12. The van der Waals surface area contributed by atoms with Gasteiger partial charge in [0.2, 0.25) is 0 Å². The maximum atomic E-state index is 12.0. The number of hydrogen-bond acceptors (Lipinski definition) is 3. The summed E-state index contributed by atoms with van der Waals surface area (Å²) >= 11 is 0. The van der Waals surface area contributed by atoms with Gasteiger partial charge in [0.1, 0.15) is 0 Å². The van der Waals surface area contributed by atoms with Gasteiger partial charge in [-0.25, -0.2) is 4.79 Å². The third kappa shape index (κ3) is 2.11. The number of benzene rings is 1. The minimum absolute atomic E-state index is 0.215. The lowest BCUT2D eigenvalue weighted by Crippen LogP contribution is -2.17. The van der Waals surface area contributed by atoms with E-state index in [9.17, 15) is 9.59 Å². The first-order valence-electron chi connectivity index (χ1n) is 7.05. The predicted molar refractivity (Wildman–Crippen MR) is 75.9 cm³/mol. The Balaban J connectivity index is 2.02. The topological polar surface area (TPSA) is 59.2 Å². The molecule has 0 unspecified atom stereocenters. The molecule has 0 bridgehead atoms. The Labute approximate surface area is 117 Å². The Bertz CT molecular complexity index is 684. The van der Waals surface area contributed by atoms with E-state index in [1.165, 1.54) is 24.1 Å². The van der Waals surface area contributed by atoms with Gasteiger partial charge in [0, 0.05) is 22.2 Å². The zero-order chi connectivity index (χ0) is 14.1. The van der Waals surface area contributed by atoms with E-state index in [-0.39, 0.29) is 6.61 Å². The van der Waals surface area contributed by atoms with Crippen LogP contribution in [-0.2, 0) is 22.4 Å². The Morgan fingerprint density at radius 3 is 2.85 bits per heavy atom. The maximum absolute atomic E-state index is 12.0. The molecule has 0 saturated carbocycles. The van der Waals surface area contributed by atoms with Crippen molar-refractivity contribution in [3.05, 3.63) is 35.0 Å². The van der Waals surface area contributed by atoms with Gasteiger partial charge in [0.05, 0.1) is 6.61 Å². The van der Waals surface area contributed by atoms with Crippen molar-refractivity contribution in [2.75, 3.05) is 6.61 Å². The fraction of sp³-hybridized carbons (Fsp3) is 0.375. The molecule has 20 heavy (non-hydrogen) atoms. The van der Waals surface area contributed by atoms with E-state index < -0.39 is 11.8 Å². The molecular formula is C16H17NO3. The molecule has 0 aliphatic heterocycles. The molecule has 1 aromatic heterocycles. The second-order valence-corrected chi connectivity index (χ2v) is 5.10. The van der Waals surface area contributed by atoms with E-state index in [4.69, 9.17) is 4.74 Å². The lowest BCUT2D eigenvalue weighted by atomic mass is 9.95. The lowest BCUT2D eigenvalue weighted by Gasteiger charge is -2.10. The Morgan fingerprint density at radius 2 is 2.05 bits per heavy atom. The van der Waals surface area contributed by atoms with Crippen molar-refractivity contribution in [2.45, 2.75) is 32.6 Å². The first-order valence-corrected chi connectivity index (χ1v) is 7.05. The van der Waals surface area contributed by atoms with E-state index in [2.05, 4.69) is 4.98 Å². The number of nitrogens with one attached hydrogen (secondary N) is 1. The second-order valence-electron chi connectivity index (χ2n) is 5.10. The molecule has 4 nitrogen and oxygen atoms in total. The number of hydrogen-bond donors (Lipinski definition) is 1. The summed E-state index contributed by atoms with van der Waals surface area (Å²) in [5.74, 6) is -1.35. The fourth-order valence-corrected chi connectivity index (χ4v) is 2.86. The monoisotopic (exact) mass is 271 g/mol. The first-order chi connectivity index (χ1) is 9.70. The summed E-state index contributed by atoms with van der Waals surface area (Å²) in [5, 5.41) is 1.06. The Kier molecular flexibility index (Phi) is 3.30. The molecule has 1 heterocycles. The van der Waals surface area contributed by atoms with Crippen LogP contribution in [0.4, 0.5) is 0 Å². The fourth-order valence-electron chi connectivity index (χ4n) is 2.86. The number of ether oxygens (including phenoxy) is 1. The standard InChI is InChI=1S/C16H17NO3/c1-2-20-16(19)15(18)10-7-8-14-12(9-10)11-5-3-4-6-13(11)17-14/h7-9,17H,2-6H2,1H3. The van der Waals surface area contributed by atoms with E-state index in [0.29, 0.717) is 5.56 Å². The van der Waals surface area contributed by atoms with Crippen LogP contribution in [0.5, 0.6) is 0 Å². The van der Waals surface area contributed by atoms with Crippen molar-refractivity contribution >= 4 is 22.7 Å². The molecule has 1 aliphatic rings. The summed E-state index contributed by atoms with van der Waals surface area (Å²) in [6, 6.07) is 5.37. The molecule has 0 saturated heterocycles. The van der Waals surface area contributed by atoms with Gasteiger partial charge in [-0.2, -0.15) is 0 Å². The zero-order valence-corrected chi connectivity index (χ0v) is 11.5. The number of aromatic amines is 1. The van der Waals surface area contributed by atoms with Crippen LogP contribution in [0.2, 0.25) is 0 Å². The largest absolute Gasteiger partial charge is 0.460 e. The summed E-state index contributed by atoms with van der Waals surface area (Å²) in [4.78, 5) is 26.9. The number of aryl methyl sites for hydroxylation is 2. The van der Waals surface area contributed by atoms with E-state index in [1.54, 1.807) is 13.0 Å². The number of carbonyl (C=O) groups excluding carboxylic acids is 2. The molecule has 0 radical (unpaired) electrons. The lowest BCUT2D eigenvalue weighted by molar-refractivity contribution is -0.137. The van der Waals surface area contributed by atoms with Crippen LogP contribution in [0, 0.1) is 0 Å². The summed E-state index contributed by atoms with van der Waals surface area (Å²) < 4.78 is 4.77. The van der Waals surface area contributed by atoms with Gasteiger partial charge in [0.25, 0.3) is 5.78 Å². The highest BCUT2D eigenvalue weighted by Gasteiger charge is 2.20. The van der Waals surface area contributed by atoms with Gasteiger partial charge < -0.3 is 9.72 Å².